The molecule has 0 saturated carbocycles. The Bertz CT molecular complexity index is 582. The highest BCUT2D eigenvalue weighted by atomic mass is 32.1. The minimum atomic E-state index is -0.343. The molecular formula is C17H24N2OS. The maximum absolute atomic E-state index is 6.22. The van der Waals surface area contributed by atoms with E-state index in [4.69, 9.17) is 10.5 Å². The molecule has 0 atom stereocenters. The van der Waals surface area contributed by atoms with Gasteiger partial charge in [-0.1, -0.05) is 26.0 Å². The third-order valence-corrected chi connectivity index (χ3v) is 4.77. The standard InChI is InChI=1S/C17H24N2OS/c1-5-12-7-9-13(10-8-12)20-11-15-19-14(6-2)16(21-15)17(3,4)18/h7-10H,5-6,11,18H2,1-4H3. The lowest BCUT2D eigenvalue weighted by atomic mass is 10.0. The van der Waals surface area contributed by atoms with Crippen LogP contribution in [0.1, 0.15) is 48.8 Å². The quantitative estimate of drug-likeness (QED) is 0.876. The van der Waals surface area contributed by atoms with Gasteiger partial charge in [0.15, 0.2) is 0 Å². The van der Waals surface area contributed by atoms with Crippen LogP contribution in [-0.2, 0) is 25.0 Å². The van der Waals surface area contributed by atoms with Crippen molar-refractivity contribution in [3.63, 3.8) is 0 Å². The Morgan fingerprint density at radius 1 is 1.14 bits per heavy atom. The molecule has 1 aromatic heterocycles. The molecule has 0 unspecified atom stereocenters. The van der Waals surface area contributed by atoms with Crippen LogP contribution in [0.25, 0.3) is 0 Å². The van der Waals surface area contributed by atoms with Gasteiger partial charge in [-0.25, -0.2) is 4.98 Å². The van der Waals surface area contributed by atoms with Crippen molar-refractivity contribution in [1.82, 2.24) is 4.98 Å². The van der Waals surface area contributed by atoms with Gasteiger partial charge in [0.1, 0.15) is 17.4 Å². The second-order valence-corrected chi connectivity index (χ2v) is 6.83. The molecule has 0 saturated heterocycles. The molecule has 2 rings (SSSR count). The van der Waals surface area contributed by atoms with Crippen LogP contribution in [0.5, 0.6) is 5.75 Å². The largest absolute Gasteiger partial charge is 0.486 e. The zero-order valence-electron chi connectivity index (χ0n) is 13.3. The number of hydrogen-bond acceptors (Lipinski definition) is 4. The van der Waals surface area contributed by atoms with Crippen LogP contribution < -0.4 is 10.5 Å². The van der Waals surface area contributed by atoms with Crippen molar-refractivity contribution in [2.45, 2.75) is 52.7 Å². The molecule has 0 spiro atoms. The minimum absolute atomic E-state index is 0.343. The van der Waals surface area contributed by atoms with Crippen LogP contribution in [0, 0.1) is 0 Å². The van der Waals surface area contributed by atoms with Crippen molar-refractivity contribution in [3.05, 3.63) is 45.4 Å². The number of thiazole rings is 1. The fraction of sp³-hybridized carbons (Fsp3) is 0.471. The number of benzene rings is 1. The monoisotopic (exact) mass is 304 g/mol. The molecular weight excluding hydrogens is 280 g/mol. The van der Waals surface area contributed by atoms with Gasteiger partial charge in [-0.15, -0.1) is 11.3 Å². The molecule has 3 nitrogen and oxygen atoms in total. The minimum Gasteiger partial charge on any atom is -0.486 e. The van der Waals surface area contributed by atoms with Crippen LogP contribution >= 0.6 is 11.3 Å². The highest BCUT2D eigenvalue weighted by Crippen LogP contribution is 2.29. The van der Waals surface area contributed by atoms with Crippen molar-refractivity contribution in [1.29, 1.82) is 0 Å². The predicted molar refractivity (Wildman–Crippen MR) is 88.9 cm³/mol. The molecule has 0 radical (unpaired) electrons. The van der Waals surface area contributed by atoms with Gasteiger partial charge in [0.25, 0.3) is 0 Å². The van der Waals surface area contributed by atoms with Gasteiger partial charge in [-0.3, -0.25) is 0 Å². The summed E-state index contributed by atoms with van der Waals surface area (Å²) < 4.78 is 5.82. The molecule has 0 aliphatic rings. The Kier molecular flexibility index (Phi) is 5.01. The number of nitrogens with zero attached hydrogens (tertiary/aromatic N) is 1. The molecule has 1 heterocycles. The maximum Gasteiger partial charge on any atom is 0.140 e. The average molecular weight is 304 g/mol. The van der Waals surface area contributed by atoms with E-state index in [1.54, 1.807) is 11.3 Å². The number of nitrogens with two attached hydrogens (primary N) is 1. The summed E-state index contributed by atoms with van der Waals surface area (Å²) in [6.45, 7) is 8.80. The molecule has 2 N–H and O–H groups in total. The Morgan fingerprint density at radius 3 is 2.29 bits per heavy atom. The zero-order valence-corrected chi connectivity index (χ0v) is 14.1. The van der Waals surface area contributed by atoms with Crippen LogP contribution in [0.4, 0.5) is 0 Å². The summed E-state index contributed by atoms with van der Waals surface area (Å²) in [6, 6.07) is 8.23. The SMILES string of the molecule is CCc1ccc(OCc2nc(CC)c(C(C)(C)N)s2)cc1. The molecule has 0 bridgehead atoms. The number of aromatic nitrogens is 1. The van der Waals surface area contributed by atoms with Gasteiger partial charge in [-0.05, 0) is 44.4 Å². The first-order valence-corrected chi connectivity index (χ1v) is 8.25. The van der Waals surface area contributed by atoms with Crippen LogP contribution in [0.2, 0.25) is 0 Å². The van der Waals surface area contributed by atoms with E-state index in [9.17, 15) is 0 Å². The van der Waals surface area contributed by atoms with Gasteiger partial charge in [0.05, 0.1) is 5.69 Å². The van der Waals surface area contributed by atoms with E-state index < -0.39 is 0 Å². The Morgan fingerprint density at radius 2 is 1.81 bits per heavy atom. The number of rotatable bonds is 6. The van der Waals surface area contributed by atoms with Crippen LogP contribution in [-0.4, -0.2) is 4.98 Å². The molecule has 0 amide bonds. The second kappa shape index (κ2) is 6.58. The smallest absolute Gasteiger partial charge is 0.140 e. The van der Waals surface area contributed by atoms with E-state index in [-0.39, 0.29) is 5.54 Å². The summed E-state index contributed by atoms with van der Waals surface area (Å²) >= 11 is 1.66. The van der Waals surface area contributed by atoms with Gasteiger partial charge >= 0.3 is 0 Å². The van der Waals surface area contributed by atoms with E-state index >= 15 is 0 Å². The van der Waals surface area contributed by atoms with Crippen LogP contribution in [0.15, 0.2) is 24.3 Å². The molecule has 21 heavy (non-hydrogen) atoms. The highest BCUT2D eigenvalue weighted by molar-refractivity contribution is 7.11. The van der Waals surface area contributed by atoms with Crippen LogP contribution in [0.3, 0.4) is 0 Å². The van der Waals surface area contributed by atoms with E-state index in [1.165, 1.54) is 5.56 Å². The molecule has 0 fully saturated rings. The van der Waals surface area contributed by atoms with Crippen molar-refractivity contribution < 1.29 is 4.74 Å². The molecule has 0 aliphatic heterocycles. The van der Waals surface area contributed by atoms with Gasteiger partial charge < -0.3 is 10.5 Å². The number of ether oxygens (including phenoxy) is 1. The highest BCUT2D eigenvalue weighted by Gasteiger charge is 2.22. The van der Waals surface area contributed by atoms with Gasteiger partial charge in [-0.2, -0.15) is 0 Å². The Hall–Kier alpha value is -1.39. The van der Waals surface area contributed by atoms with Gasteiger partial charge in [0.2, 0.25) is 0 Å². The molecule has 1 aromatic carbocycles. The van der Waals surface area contributed by atoms with E-state index in [1.807, 2.05) is 26.0 Å². The Labute approximate surface area is 131 Å². The Balaban J connectivity index is 2.07. The first-order chi connectivity index (χ1) is 9.94. The zero-order chi connectivity index (χ0) is 15.5. The maximum atomic E-state index is 6.22. The van der Waals surface area contributed by atoms with Crippen molar-refractivity contribution in [3.8, 4) is 5.75 Å². The summed E-state index contributed by atoms with van der Waals surface area (Å²) in [5, 5.41) is 0.986. The molecule has 2 aromatic rings. The van der Waals surface area contributed by atoms with E-state index in [2.05, 4.69) is 31.0 Å². The van der Waals surface area contributed by atoms with Gasteiger partial charge in [0, 0.05) is 10.4 Å². The third kappa shape index (κ3) is 4.05. The van der Waals surface area contributed by atoms with Crippen molar-refractivity contribution >= 4 is 11.3 Å². The first-order valence-electron chi connectivity index (χ1n) is 7.43. The lowest BCUT2D eigenvalue weighted by Crippen LogP contribution is -2.28. The average Bonchev–Trinajstić information content (AvgIpc) is 2.89. The van der Waals surface area contributed by atoms with E-state index in [0.29, 0.717) is 6.61 Å². The first kappa shape index (κ1) is 16.0. The van der Waals surface area contributed by atoms with Crippen molar-refractivity contribution in [2.24, 2.45) is 5.73 Å². The topological polar surface area (TPSA) is 48.1 Å². The predicted octanol–water partition coefficient (Wildman–Crippen LogP) is 4.04. The third-order valence-electron chi connectivity index (χ3n) is 3.36. The summed E-state index contributed by atoms with van der Waals surface area (Å²) in [7, 11) is 0. The van der Waals surface area contributed by atoms with E-state index in [0.717, 1.165) is 34.2 Å². The summed E-state index contributed by atoms with van der Waals surface area (Å²) in [6.07, 6.45) is 1.94. The molecule has 114 valence electrons. The lowest BCUT2D eigenvalue weighted by Gasteiger charge is -2.17. The number of hydrogen-bond donors (Lipinski definition) is 1. The second-order valence-electron chi connectivity index (χ2n) is 5.74. The summed E-state index contributed by atoms with van der Waals surface area (Å²) in [5.74, 6) is 0.883. The fourth-order valence-electron chi connectivity index (χ4n) is 2.17. The summed E-state index contributed by atoms with van der Waals surface area (Å²) in [5.41, 5.74) is 8.28. The molecule has 4 heteroatoms. The summed E-state index contributed by atoms with van der Waals surface area (Å²) in [4.78, 5) is 5.81. The van der Waals surface area contributed by atoms with Crippen molar-refractivity contribution in [2.75, 3.05) is 0 Å². The molecule has 0 aliphatic carbocycles. The normalized spacial score (nSPS) is 11.7. The fourth-order valence-corrected chi connectivity index (χ4v) is 3.25. The number of aryl methyl sites for hydroxylation is 2. The lowest BCUT2D eigenvalue weighted by molar-refractivity contribution is 0.305.